The number of hydrogen-bond acceptors (Lipinski definition) is 4. The van der Waals surface area contributed by atoms with Crippen LogP contribution in [0.3, 0.4) is 0 Å². The molecule has 7 nitrogen and oxygen atoms in total. The summed E-state index contributed by atoms with van der Waals surface area (Å²) in [6.07, 6.45) is 0.780. The summed E-state index contributed by atoms with van der Waals surface area (Å²) in [5.74, 6) is -1.13. The third kappa shape index (κ3) is 3.35. The van der Waals surface area contributed by atoms with Crippen molar-refractivity contribution in [2.24, 2.45) is 5.73 Å². The van der Waals surface area contributed by atoms with Gasteiger partial charge in [-0.3, -0.25) is 14.7 Å². The Balaban J connectivity index is 2.47. The van der Waals surface area contributed by atoms with E-state index in [9.17, 15) is 9.59 Å². The Labute approximate surface area is 92.8 Å². The van der Waals surface area contributed by atoms with Gasteiger partial charge in [0.15, 0.2) is 5.82 Å². The van der Waals surface area contributed by atoms with E-state index in [0.29, 0.717) is 12.4 Å². The maximum absolute atomic E-state index is 11.3. The third-order valence-corrected chi connectivity index (χ3v) is 1.89. The van der Waals surface area contributed by atoms with Gasteiger partial charge in [0.05, 0.1) is 0 Å². The first-order chi connectivity index (χ1) is 7.67. The number of rotatable bonds is 4. The molecule has 1 aromatic rings. The van der Waals surface area contributed by atoms with Gasteiger partial charge in [-0.05, 0) is 6.42 Å². The molecule has 1 heterocycles. The number of H-pyrrole nitrogens is 1. The van der Waals surface area contributed by atoms with Gasteiger partial charge >= 0.3 is 11.8 Å². The van der Waals surface area contributed by atoms with Gasteiger partial charge in [-0.15, -0.1) is 0 Å². The minimum Gasteiger partial charge on any atom is -0.347 e. The topological polar surface area (TPSA) is 113 Å². The van der Waals surface area contributed by atoms with Crippen molar-refractivity contribution in [3.63, 3.8) is 0 Å². The second kappa shape index (κ2) is 5.86. The number of amides is 2. The fourth-order valence-electron chi connectivity index (χ4n) is 1.05. The zero-order chi connectivity index (χ0) is 12.0. The highest BCUT2D eigenvalue weighted by molar-refractivity contribution is 6.39. The van der Waals surface area contributed by atoms with Crippen LogP contribution < -0.4 is 16.4 Å². The van der Waals surface area contributed by atoms with Crippen LogP contribution in [0.1, 0.15) is 12.6 Å². The molecule has 5 N–H and O–H groups in total. The van der Waals surface area contributed by atoms with Gasteiger partial charge in [-0.1, -0.05) is 6.92 Å². The predicted molar refractivity (Wildman–Crippen MR) is 58.7 cm³/mol. The van der Waals surface area contributed by atoms with Gasteiger partial charge in [0.1, 0.15) is 0 Å². The van der Waals surface area contributed by atoms with Crippen molar-refractivity contribution in [2.75, 3.05) is 18.4 Å². The van der Waals surface area contributed by atoms with Gasteiger partial charge in [0.2, 0.25) is 0 Å². The first kappa shape index (κ1) is 12.2. The molecular weight excluding hydrogens is 210 g/mol. The number of aryl methyl sites for hydroxylation is 1. The van der Waals surface area contributed by atoms with Crippen molar-refractivity contribution in [3.8, 4) is 0 Å². The Hall–Kier alpha value is -1.89. The predicted octanol–water partition coefficient (Wildman–Crippen LogP) is -1.01. The number of nitrogens with one attached hydrogen (secondary N) is 3. The number of hydrogen-bond donors (Lipinski definition) is 4. The second-order valence-corrected chi connectivity index (χ2v) is 3.13. The largest absolute Gasteiger partial charge is 0.347 e. The van der Waals surface area contributed by atoms with Crippen molar-refractivity contribution in [1.82, 2.24) is 15.5 Å². The van der Waals surface area contributed by atoms with Gasteiger partial charge in [-0.25, -0.2) is 0 Å². The average molecular weight is 225 g/mol. The summed E-state index contributed by atoms with van der Waals surface area (Å²) in [5.41, 5.74) is 6.07. The van der Waals surface area contributed by atoms with Gasteiger partial charge in [0.25, 0.3) is 0 Å². The summed E-state index contributed by atoms with van der Waals surface area (Å²) in [5, 5.41) is 11.3. The van der Waals surface area contributed by atoms with E-state index in [2.05, 4.69) is 20.8 Å². The number of aromatic nitrogens is 2. The van der Waals surface area contributed by atoms with Crippen LogP contribution in [0, 0.1) is 0 Å². The van der Waals surface area contributed by atoms with Crippen LogP contribution >= 0.6 is 0 Å². The van der Waals surface area contributed by atoms with Crippen molar-refractivity contribution in [3.05, 3.63) is 11.8 Å². The highest BCUT2D eigenvalue weighted by Crippen LogP contribution is 2.04. The first-order valence-electron chi connectivity index (χ1n) is 5.01. The third-order valence-electron chi connectivity index (χ3n) is 1.89. The summed E-state index contributed by atoms with van der Waals surface area (Å²) < 4.78 is 0. The second-order valence-electron chi connectivity index (χ2n) is 3.13. The minimum absolute atomic E-state index is 0.271. The fraction of sp³-hybridized carbons (Fsp3) is 0.444. The fourth-order valence-corrected chi connectivity index (χ4v) is 1.05. The number of aromatic amines is 1. The van der Waals surface area contributed by atoms with Crippen LogP contribution in [0.2, 0.25) is 0 Å². The van der Waals surface area contributed by atoms with E-state index in [0.717, 1.165) is 12.1 Å². The molecule has 0 spiro atoms. The molecular formula is C9H15N5O2. The van der Waals surface area contributed by atoms with Crippen molar-refractivity contribution >= 4 is 17.6 Å². The molecule has 1 aromatic heterocycles. The lowest BCUT2D eigenvalue weighted by Gasteiger charge is -2.02. The van der Waals surface area contributed by atoms with Crippen LogP contribution in [0.5, 0.6) is 0 Å². The number of carbonyl (C=O) groups is 2. The molecule has 0 aliphatic carbocycles. The van der Waals surface area contributed by atoms with Gasteiger partial charge < -0.3 is 16.4 Å². The number of anilines is 1. The molecule has 0 saturated heterocycles. The molecule has 0 radical (unpaired) electrons. The monoisotopic (exact) mass is 225 g/mol. The molecule has 0 unspecified atom stereocenters. The van der Waals surface area contributed by atoms with E-state index in [-0.39, 0.29) is 6.54 Å². The minimum atomic E-state index is -0.748. The zero-order valence-electron chi connectivity index (χ0n) is 9.04. The Morgan fingerprint density at radius 1 is 1.50 bits per heavy atom. The molecule has 7 heteroatoms. The normalized spacial score (nSPS) is 9.88. The lowest BCUT2D eigenvalue weighted by Crippen LogP contribution is -2.38. The quantitative estimate of drug-likeness (QED) is 0.491. The molecule has 0 fully saturated rings. The Bertz CT molecular complexity index is 374. The molecule has 0 aliphatic heterocycles. The molecule has 0 aromatic carbocycles. The lowest BCUT2D eigenvalue weighted by molar-refractivity contribution is -0.136. The standard InChI is InChI=1S/C9H15N5O2/c1-2-6-5-7(14-13-6)12-9(16)8(15)11-4-3-10/h5H,2-4,10H2,1H3,(H,11,15)(H2,12,13,14,16). The summed E-state index contributed by atoms with van der Waals surface area (Å²) in [6, 6.07) is 1.67. The SMILES string of the molecule is CCc1cc(NC(=O)C(=O)NCCN)n[nH]1. The summed E-state index contributed by atoms with van der Waals surface area (Å²) in [4.78, 5) is 22.5. The van der Waals surface area contributed by atoms with E-state index < -0.39 is 11.8 Å². The Morgan fingerprint density at radius 3 is 2.81 bits per heavy atom. The van der Waals surface area contributed by atoms with Crippen LogP contribution in [-0.2, 0) is 16.0 Å². The van der Waals surface area contributed by atoms with Crippen molar-refractivity contribution in [1.29, 1.82) is 0 Å². The lowest BCUT2D eigenvalue weighted by atomic mass is 10.3. The first-order valence-corrected chi connectivity index (χ1v) is 5.01. The molecule has 0 aliphatic rings. The molecule has 0 bridgehead atoms. The molecule has 0 atom stereocenters. The Kier molecular flexibility index (Phi) is 4.46. The van der Waals surface area contributed by atoms with Crippen LogP contribution in [0.15, 0.2) is 6.07 Å². The van der Waals surface area contributed by atoms with Gasteiger partial charge in [0, 0.05) is 24.8 Å². The van der Waals surface area contributed by atoms with E-state index in [1.54, 1.807) is 6.07 Å². The average Bonchev–Trinajstić information content (AvgIpc) is 2.73. The van der Waals surface area contributed by atoms with E-state index in [1.807, 2.05) is 6.92 Å². The zero-order valence-corrected chi connectivity index (χ0v) is 9.04. The molecule has 16 heavy (non-hydrogen) atoms. The summed E-state index contributed by atoms with van der Waals surface area (Å²) in [7, 11) is 0. The van der Waals surface area contributed by atoms with Crippen molar-refractivity contribution in [2.45, 2.75) is 13.3 Å². The summed E-state index contributed by atoms with van der Waals surface area (Å²) >= 11 is 0. The van der Waals surface area contributed by atoms with Crippen LogP contribution in [0.4, 0.5) is 5.82 Å². The number of nitrogens with two attached hydrogens (primary N) is 1. The Morgan fingerprint density at radius 2 is 2.25 bits per heavy atom. The van der Waals surface area contributed by atoms with Crippen LogP contribution in [-0.4, -0.2) is 35.1 Å². The van der Waals surface area contributed by atoms with E-state index in [4.69, 9.17) is 5.73 Å². The molecule has 88 valence electrons. The molecule has 0 saturated carbocycles. The highest BCUT2D eigenvalue weighted by Gasteiger charge is 2.13. The summed E-state index contributed by atoms with van der Waals surface area (Å²) in [6.45, 7) is 2.52. The van der Waals surface area contributed by atoms with Gasteiger partial charge in [-0.2, -0.15) is 5.10 Å². The van der Waals surface area contributed by atoms with Crippen molar-refractivity contribution < 1.29 is 9.59 Å². The number of carbonyl (C=O) groups excluding carboxylic acids is 2. The molecule has 2 amide bonds. The maximum atomic E-state index is 11.3. The van der Waals surface area contributed by atoms with E-state index >= 15 is 0 Å². The maximum Gasteiger partial charge on any atom is 0.314 e. The van der Waals surface area contributed by atoms with Crippen LogP contribution in [0.25, 0.3) is 0 Å². The number of nitrogens with zero attached hydrogens (tertiary/aromatic N) is 1. The highest BCUT2D eigenvalue weighted by atomic mass is 16.2. The smallest absolute Gasteiger partial charge is 0.314 e. The van der Waals surface area contributed by atoms with E-state index in [1.165, 1.54) is 0 Å². The molecule has 1 rings (SSSR count).